The lowest BCUT2D eigenvalue weighted by Gasteiger charge is -2.34. The number of nitrogens with one attached hydrogen (secondary N) is 1. The summed E-state index contributed by atoms with van der Waals surface area (Å²) in [5.41, 5.74) is 5.81. The van der Waals surface area contributed by atoms with Gasteiger partial charge in [0.05, 0.1) is 19.8 Å². The van der Waals surface area contributed by atoms with E-state index >= 15 is 0 Å². The minimum atomic E-state index is -0.846. The highest BCUT2D eigenvalue weighted by Crippen LogP contribution is 2.28. The fraction of sp³-hybridized carbons (Fsp3) is 0.600. The standard InChI is InChI=1S/C20H31N3O4.ClH/c1-5-10-20(2,21)19(25)22-15-8-11-23(12-9-15)18(24)14-6-7-16(26-3)17(13-14)27-4;/h6-7,13,15H,5,8-12,21H2,1-4H3,(H,22,25);1H. The van der Waals surface area contributed by atoms with Gasteiger partial charge in [0.25, 0.3) is 5.91 Å². The topological polar surface area (TPSA) is 93.9 Å². The van der Waals surface area contributed by atoms with E-state index in [9.17, 15) is 9.59 Å². The number of ether oxygens (including phenoxy) is 2. The molecule has 1 heterocycles. The van der Waals surface area contributed by atoms with Crippen LogP contribution in [0.5, 0.6) is 11.5 Å². The molecule has 8 heteroatoms. The number of likely N-dealkylation sites (tertiary alicyclic amines) is 1. The third-order valence-electron chi connectivity index (χ3n) is 5.04. The molecule has 1 aromatic rings. The lowest BCUT2D eigenvalue weighted by molar-refractivity contribution is -0.127. The predicted molar refractivity (Wildman–Crippen MR) is 111 cm³/mol. The zero-order valence-electron chi connectivity index (χ0n) is 17.1. The summed E-state index contributed by atoms with van der Waals surface area (Å²) in [7, 11) is 3.11. The van der Waals surface area contributed by atoms with Crippen LogP contribution >= 0.6 is 12.4 Å². The number of hydrogen-bond donors (Lipinski definition) is 2. The van der Waals surface area contributed by atoms with Gasteiger partial charge in [0, 0.05) is 24.7 Å². The molecule has 3 N–H and O–H groups in total. The average Bonchev–Trinajstić information content (AvgIpc) is 2.67. The molecular weight excluding hydrogens is 382 g/mol. The number of hydrogen-bond acceptors (Lipinski definition) is 5. The van der Waals surface area contributed by atoms with Crippen LogP contribution in [0.2, 0.25) is 0 Å². The molecule has 0 bridgehead atoms. The van der Waals surface area contributed by atoms with Crippen LogP contribution in [-0.4, -0.2) is 55.6 Å². The largest absolute Gasteiger partial charge is 0.493 e. The number of rotatable bonds is 7. The van der Waals surface area contributed by atoms with E-state index in [1.807, 2.05) is 6.92 Å². The first-order chi connectivity index (χ1) is 12.8. The van der Waals surface area contributed by atoms with Gasteiger partial charge in [-0.1, -0.05) is 13.3 Å². The number of carbonyl (C=O) groups excluding carboxylic acids is 2. The maximum atomic E-state index is 12.8. The smallest absolute Gasteiger partial charge is 0.253 e. The number of benzene rings is 1. The highest BCUT2D eigenvalue weighted by Gasteiger charge is 2.31. The summed E-state index contributed by atoms with van der Waals surface area (Å²) < 4.78 is 10.5. The summed E-state index contributed by atoms with van der Waals surface area (Å²) in [6.45, 7) is 4.96. The zero-order valence-corrected chi connectivity index (χ0v) is 17.9. The molecule has 1 saturated heterocycles. The van der Waals surface area contributed by atoms with Crippen LogP contribution < -0.4 is 20.5 Å². The number of amides is 2. The minimum absolute atomic E-state index is 0. The molecule has 0 aliphatic carbocycles. The van der Waals surface area contributed by atoms with Gasteiger partial charge < -0.3 is 25.4 Å². The molecule has 2 amide bonds. The quantitative estimate of drug-likeness (QED) is 0.715. The zero-order chi connectivity index (χ0) is 20.0. The first-order valence-electron chi connectivity index (χ1n) is 9.43. The maximum Gasteiger partial charge on any atom is 0.253 e. The Morgan fingerprint density at radius 2 is 1.82 bits per heavy atom. The molecule has 1 atom stereocenters. The second kappa shape index (κ2) is 10.5. The fourth-order valence-corrected chi connectivity index (χ4v) is 3.36. The first-order valence-corrected chi connectivity index (χ1v) is 9.43. The van der Waals surface area contributed by atoms with Crippen molar-refractivity contribution in [2.75, 3.05) is 27.3 Å². The van der Waals surface area contributed by atoms with Gasteiger partial charge >= 0.3 is 0 Å². The molecule has 1 aliphatic heterocycles. The molecule has 2 rings (SSSR count). The second-order valence-corrected chi connectivity index (χ2v) is 7.28. The maximum absolute atomic E-state index is 12.8. The summed E-state index contributed by atoms with van der Waals surface area (Å²) in [6, 6.07) is 5.21. The molecule has 7 nitrogen and oxygen atoms in total. The van der Waals surface area contributed by atoms with Crippen molar-refractivity contribution in [1.82, 2.24) is 10.2 Å². The number of methoxy groups -OCH3 is 2. The molecule has 1 fully saturated rings. The van der Waals surface area contributed by atoms with Crippen LogP contribution in [0.3, 0.4) is 0 Å². The van der Waals surface area contributed by atoms with E-state index < -0.39 is 5.54 Å². The van der Waals surface area contributed by atoms with Gasteiger partial charge in [-0.05, 0) is 44.4 Å². The van der Waals surface area contributed by atoms with Gasteiger partial charge in [-0.3, -0.25) is 9.59 Å². The Bertz CT molecular complexity index is 673. The molecule has 0 saturated carbocycles. The highest BCUT2D eigenvalue weighted by atomic mass is 35.5. The second-order valence-electron chi connectivity index (χ2n) is 7.28. The summed E-state index contributed by atoms with van der Waals surface area (Å²) in [4.78, 5) is 26.9. The van der Waals surface area contributed by atoms with Gasteiger partial charge in [-0.2, -0.15) is 0 Å². The van der Waals surface area contributed by atoms with E-state index in [0.29, 0.717) is 49.4 Å². The van der Waals surface area contributed by atoms with Crippen LogP contribution in [0.15, 0.2) is 18.2 Å². The van der Waals surface area contributed by atoms with Crippen LogP contribution in [0.1, 0.15) is 49.9 Å². The van der Waals surface area contributed by atoms with Gasteiger partial charge in [0.2, 0.25) is 5.91 Å². The van der Waals surface area contributed by atoms with Crippen LogP contribution in [0, 0.1) is 0 Å². The Kier molecular flexibility index (Phi) is 9.04. The van der Waals surface area contributed by atoms with Crippen molar-refractivity contribution in [2.45, 2.75) is 51.1 Å². The Morgan fingerprint density at radius 1 is 1.21 bits per heavy atom. The highest BCUT2D eigenvalue weighted by molar-refractivity contribution is 5.95. The molecule has 0 spiro atoms. The normalized spacial score (nSPS) is 16.5. The predicted octanol–water partition coefficient (Wildman–Crippen LogP) is 2.36. The van der Waals surface area contributed by atoms with Crippen LogP contribution in [0.4, 0.5) is 0 Å². The van der Waals surface area contributed by atoms with Gasteiger partial charge in [0.15, 0.2) is 11.5 Å². The van der Waals surface area contributed by atoms with Gasteiger partial charge in [-0.15, -0.1) is 12.4 Å². The van der Waals surface area contributed by atoms with Crippen molar-refractivity contribution >= 4 is 24.2 Å². The minimum Gasteiger partial charge on any atom is -0.493 e. The molecule has 1 aromatic carbocycles. The third kappa shape index (κ3) is 5.75. The first kappa shape index (κ1) is 24.0. The van der Waals surface area contributed by atoms with Crippen molar-refractivity contribution < 1.29 is 19.1 Å². The van der Waals surface area contributed by atoms with Gasteiger partial charge in [-0.25, -0.2) is 0 Å². The number of nitrogens with zero attached hydrogens (tertiary/aromatic N) is 1. The monoisotopic (exact) mass is 413 g/mol. The van der Waals surface area contributed by atoms with Crippen molar-refractivity contribution in [3.8, 4) is 11.5 Å². The number of nitrogens with two attached hydrogens (primary N) is 1. The lowest BCUT2D eigenvalue weighted by atomic mass is 9.95. The number of piperidine rings is 1. The SMILES string of the molecule is CCCC(C)(N)C(=O)NC1CCN(C(=O)c2ccc(OC)c(OC)c2)CC1.Cl. The van der Waals surface area contributed by atoms with E-state index in [1.165, 1.54) is 0 Å². The number of carbonyl (C=O) groups is 2. The summed E-state index contributed by atoms with van der Waals surface area (Å²) in [5.74, 6) is 0.959. The van der Waals surface area contributed by atoms with E-state index in [0.717, 1.165) is 6.42 Å². The lowest BCUT2D eigenvalue weighted by Crippen LogP contribution is -2.56. The van der Waals surface area contributed by atoms with Gasteiger partial charge in [0.1, 0.15) is 0 Å². The molecule has 1 unspecified atom stereocenters. The number of halogens is 1. The van der Waals surface area contributed by atoms with Crippen LogP contribution in [-0.2, 0) is 4.79 Å². The Balaban J connectivity index is 0.00000392. The molecule has 28 heavy (non-hydrogen) atoms. The fourth-order valence-electron chi connectivity index (χ4n) is 3.36. The van der Waals surface area contributed by atoms with E-state index in [2.05, 4.69) is 5.32 Å². The summed E-state index contributed by atoms with van der Waals surface area (Å²) >= 11 is 0. The van der Waals surface area contributed by atoms with E-state index in [4.69, 9.17) is 15.2 Å². The summed E-state index contributed by atoms with van der Waals surface area (Å²) in [5, 5.41) is 3.04. The summed E-state index contributed by atoms with van der Waals surface area (Å²) in [6.07, 6.45) is 2.94. The van der Waals surface area contributed by atoms with Crippen molar-refractivity contribution in [1.29, 1.82) is 0 Å². The third-order valence-corrected chi connectivity index (χ3v) is 5.04. The van der Waals surface area contributed by atoms with Crippen molar-refractivity contribution in [2.24, 2.45) is 5.73 Å². The Hall–Kier alpha value is -1.99. The Morgan fingerprint density at radius 3 is 2.36 bits per heavy atom. The van der Waals surface area contributed by atoms with Crippen LogP contribution in [0.25, 0.3) is 0 Å². The Labute approximate surface area is 173 Å². The van der Waals surface area contributed by atoms with E-state index in [-0.39, 0.29) is 30.3 Å². The molecular formula is C20H32ClN3O4. The van der Waals surface area contributed by atoms with E-state index in [1.54, 1.807) is 44.2 Å². The average molecular weight is 414 g/mol. The molecule has 158 valence electrons. The molecule has 1 aliphatic rings. The molecule has 0 radical (unpaired) electrons. The molecule has 0 aromatic heterocycles. The van der Waals surface area contributed by atoms with Crippen molar-refractivity contribution in [3.63, 3.8) is 0 Å². The van der Waals surface area contributed by atoms with Crippen molar-refractivity contribution in [3.05, 3.63) is 23.8 Å².